The molecule has 0 N–H and O–H groups in total. The Morgan fingerprint density at radius 1 is 0.848 bits per heavy atom. The lowest BCUT2D eigenvalue weighted by molar-refractivity contribution is -0.697. The third kappa shape index (κ3) is 6.24. The van der Waals surface area contributed by atoms with E-state index in [1.807, 2.05) is 0 Å². The lowest BCUT2D eigenvalue weighted by Gasteiger charge is -2.26. The summed E-state index contributed by atoms with van der Waals surface area (Å²) in [7, 11) is -6.00. The second-order valence-corrected chi connectivity index (χ2v) is 9.54. The molecule has 0 bridgehead atoms. The molecule has 1 heterocycles. The Balaban J connectivity index is 0.000000555. The first kappa shape index (κ1) is 25.0. The zero-order chi connectivity index (χ0) is 24.2. The average Bonchev–Trinajstić information content (AvgIpc) is 2.75. The number of unbranched alkanes of at least 4 members (excludes halogenated alkanes) is 1. The van der Waals surface area contributed by atoms with Crippen molar-refractivity contribution in [2.24, 2.45) is 0 Å². The number of pyridine rings is 1. The smallest absolute Gasteiger partial charge is 0.418 e. The van der Waals surface area contributed by atoms with Crippen LogP contribution >= 0.6 is 0 Å². The van der Waals surface area contributed by atoms with Crippen molar-refractivity contribution in [2.75, 3.05) is 0 Å². The van der Waals surface area contributed by atoms with Crippen LogP contribution < -0.4 is 4.57 Å². The van der Waals surface area contributed by atoms with Gasteiger partial charge in [-0.05, 0) is 35.6 Å². The van der Waals surface area contributed by atoms with Gasteiger partial charge >= 0.3 is 7.25 Å². The molecule has 0 fully saturated rings. The summed E-state index contributed by atoms with van der Waals surface area (Å²) in [6.45, 7) is 10.4. The molecule has 0 spiro atoms. The van der Waals surface area contributed by atoms with E-state index in [1.165, 1.54) is 52.0 Å². The standard InChI is InChI=1S/C27H32N.BF4/c1-5-6-18-28-25(27(2,3)4)19-24(20-12-8-7-9-13-20)23-17-16-21-14-10-11-15-22(21)26(23)28;2-1(3,4)5/h7-15,19H,5-6,16-18H2,1-4H3;/q+1;-1. The first-order valence-corrected chi connectivity index (χ1v) is 11.6. The average molecular weight is 457 g/mol. The van der Waals surface area contributed by atoms with Crippen molar-refractivity contribution in [3.63, 3.8) is 0 Å². The van der Waals surface area contributed by atoms with E-state index in [1.54, 1.807) is 0 Å². The number of aryl methyl sites for hydroxylation is 1. The summed E-state index contributed by atoms with van der Waals surface area (Å²) < 4.78 is 41.6. The van der Waals surface area contributed by atoms with Crippen LogP contribution in [-0.2, 0) is 24.8 Å². The van der Waals surface area contributed by atoms with Crippen LogP contribution in [0, 0.1) is 0 Å². The van der Waals surface area contributed by atoms with E-state index in [2.05, 4.69) is 92.9 Å². The van der Waals surface area contributed by atoms with Crippen molar-refractivity contribution in [1.82, 2.24) is 0 Å². The quantitative estimate of drug-likeness (QED) is 0.214. The molecule has 0 saturated heterocycles. The topological polar surface area (TPSA) is 3.88 Å². The highest BCUT2D eigenvalue weighted by atomic mass is 19.5. The van der Waals surface area contributed by atoms with Gasteiger partial charge in [-0.15, -0.1) is 0 Å². The molecule has 1 aliphatic rings. The van der Waals surface area contributed by atoms with Gasteiger partial charge in [0.15, 0.2) is 5.69 Å². The summed E-state index contributed by atoms with van der Waals surface area (Å²) in [5.41, 5.74) is 10.2. The summed E-state index contributed by atoms with van der Waals surface area (Å²) in [5.74, 6) is 0. The minimum absolute atomic E-state index is 0.0959. The molecule has 4 rings (SSSR count). The molecule has 0 unspecified atom stereocenters. The van der Waals surface area contributed by atoms with E-state index in [9.17, 15) is 17.3 Å². The van der Waals surface area contributed by atoms with Crippen molar-refractivity contribution in [1.29, 1.82) is 0 Å². The maximum Gasteiger partial charge on any atom is 0.673 e. The molecule has 0 radical (unpaired) electrons. The molecule has 0 amide bonds. The predicted molar refractivity (Wildman–Crippen MR) is 129 cm³/mol. The van der Waals surface area contributed by atoms with E-state index in [0.29, 0.717) is 0 Å². The normalized spacial score (nSPS) is 13.0. The Kier molecular flexibility index (Phi) is 7.66. The third-order valence-electron chi connectivity index (χ3n) is 5.96. The molecule has 0 aliphatic heterocycles. The van der Waals surface area contributed by atoms with Gasteiger partial charge in [-0.25, -0.2) is 0 Å². The summed E-state index contributed by atoms with van der Waals surface area (Å²) in [4.78, 5) is 0. The Labute approximate surface area is 194 Å². The Hall–Kier alpha value is -2.63. The number of benzene rings is 2. The molecule has 176 valence electrons. The van der Waals surface area contributed by atoms with Gasteiger partial charge in [0.2, 0.25) is 5.69 Å². The van der Waals surface area contributed by atoms with Gasteiger partial charge in [-0.3, -0.25) is 0 Å². The Morgan fingerprint density at radius 2 is 1.45 bits per heavy atom. The maximum absolute atomic E-state index is 9.75. The van der Waals surface area contributed by atoms with Gasteiger partial charge in [-0.2, -0.15) is 4.57 Å². The van der Waals surface area contributed by atoms with Gasteiger partial charge in [0.1, 0.15) is 6.54 Å². The van der Waals surface area contributed by atoms with E-state index >= 15 is 0 Å². The van der Waals surface area contributed by atoms with E-state index in [-0.39, 0.29) is 5.41 Å². The number of hydrogen-bond donors (Lipinski definition) is 0. The SMILES string of the molecule is CCCC[n+]1c(C(C)(C)C)cc(-c2ccccc2)c2c1-c1ccccc1CC2.F[B-](F)(F)F. The number of nitrogens with zero attached hydrogens (tertiary/aromatic N) is 1. The maximum atomic E-state index is 9.75. The fourth-order valence-corrected chi connectivity index (χ4v) is 4.55. The Morgan fingerprint density at radius 3 is 2.06 bits per heavy atom. The fourth-order valence-electron chi connectivity index (χ4n) is 4.55. The van der Waals surface area contributed by atoms with Gasteiger partial charge in [0.05, 0.1) is 0 Å². The summed E-state index contributed by atoms with van der Waals surface area (Å²) in [5, 5.41) is 0. The second-order valence-electron chi connectivity index (χ2n) is 9.54. The zero-order valence-corrected chi connectivity index (χ0v) is 19.8. The number of hydrogen-bond acceptors (Lipinski definition) is 0. The Bertz CT molecular complexity index is 1080. The highest BCUT2D eigenvalue weighted by Crippen LogP contribution is 2.39. The molecule has 0 saturated carbocycles. The van der Waals surface area contributed by atoms with E-state index in [4.69, 9.17) is 0 Å². The first-order valence-electron chi connectivity index (χ1n) is 11.6. The van der Waals surface area contributed by atoms with Crippen molar-refractivity contribution in [3.8, 4) is 22.4 Å². The van der Waals surface area contributed by atoms with Gasteiger partial charge < -0.3 is 17.3 Å². The van der Waals surface area contributed by atoms with Gasteiger partial charge in [0.25, 0.3) is 0 Å². The van der Waals surface area contributed by atoms with Crippen LogP contribution in [0.25, 0.3) is 22.4 Å². The molecule has 0 atom stereocenters. The molecule has 3 aromatic rings. The molecular formula is C27H32BF4N. The first-order chi connectivity index (χ1) is 15.5. The van der Waals surface area contributed by atoms with Crippen molar-refractivity contribution in [2.45, 2.75) is 65.3 Å². The third-order valence-corrected chi connectivity index (χ3v) is 5.96. The summed E-state index contributed by atoms with van der Waals surface area (Å²) in [6, 6.07) is 22.5. The molecule has 1 aliphatic carbocycles. The lowest BCUT2D eigenvalue weighted by atomic mass is 9.81. The van der Waals surface area contributed by atoms with Crippen LogP contribution in [0.1, 0.15) is 57.4 Å². The van der Waals surface area contributed by atoms with Crippen LogP contribution in [0.15, 0.2) is 60.7 Å². The lowest BCUT2D eigenvalue weighted by Crippen LogP contribution is -2.47. The van der Waals surface area contributed by atoms with Gasteiger partial charge in [-0.1, -0.05) is 82.6 Å². The summed E-state index contributed by atoms with van der Waals surface area (Å²) >= 11 is 0. The zero-order valence-electron chi connectivity index (χ0n) is 19.8. The van der Waals surface area contributed by atoms with E-state index < -0.39 is 7.25 Å². The predicted octanol–water partition coefficient (Wildman–Crippen LogP) is 7.80. The molecule has 33 heavy (non-hydrogen) atoms. The molecule has 1 nitrogen and oxygen atoms in total. The van der Waals surface area contributed by atoms with Crippen molar-refractivity contribution >= 4 is 7.25 Å². The monoisotopic (exact) mass is 457 g/mol. The van der Waals surface area contributed by atoms with Crippen molar-refractivity contribution in [3.05, 3.63) is 77.5 Å². The molecule has 6 heteroatoms. The highest BCUT2D eigenvalue weighted by molar-refractivity contribution is 6.50. The minimum Gasteiger partial charge on any atom is -0.418 e. The number of aromatic nitrogens is 1. The molecule has 1 aromatic heterocycles. The van der Waals surface area contributed by atoms with E-state index in [0.717, 1.165) is 19.4 Å². The largest absolute Gasteiger partial charge is 0.673 e. The molecular weight excluding hydrogens is 425 g/mol. The minimum atomic E-state index is -6.00. The van der Waals surface area contributed by atoms with Crippen LogP contribution in [-0.4, -0.2) is 7.25 Å². The summed E-state index contributed by atoms with van der Waals surface area (Å²) in [6.07, 6.45) is 4.68. The van der Waals surface area contributed by atoms with Crippen molar-refractivity contribution < 1.29 is 21.8 Å². The van der Waals surface area contributed by atoms with Crippen LogP contribution in [0.4, 0.5) is 17.3 Å². The second kappa shape index (κ2) is 10.1. The van der Waals surface area contributed by atoms with Gasteiger partial charge in [0, 0.05) is 29.0 Å². The number of halogens is 4. The van der Waals surface area contributed by atoms with Crippen LogP contribution in [0.3, 0.4) is 0 Å². The highest BCUT2D eigenvalue weighted by Gasteiger charge is 2.35. The molecule has 2 aromatic carbocycles. The number of fused-ring (bicyclic) bond motifs is 3. The number of rotatable bonds is 4. The fraction of sp³-hybridized carbons (Fsp3) is 0.370. The van der Waals surface area contributed by atoms with Crippen LogP contribution in [0.5, 0.6) is 0 Å². The van der Waals surface area contributed by atoms with Crippen LogP contribution in [0.2, 0.25) is 0 Å².